The summed E-state index contributed by atoms with van der Waals surface area (Å²) in [5, 5.41) is 2.80. The van der Waals surface area contributed by atoms with Crippen molar-refractivity contribution < 1.29 is 9.53 Å². The summed E-state index contributed by atoms with van der Waals surface area (Å²) in [4.78, 5) is 13.7. The molecule has 0 bridgehead atoms. The van der Waals surface area contributed by atoms with Gasteiger partial charge in [-0.25, -0.2) is 4.79 Å². The van der Waals surface area contributed by atoms with Gasteiger partial charge in [-0.1, -0.05) is 0 Å². The fraction of sp³-hybridized carbons (Fsp3) is 0.917. The molecule has 0 saturated carbocycles. The van der Waals surface area contributed by atoms with Gasteiger partial charge in [0.2, 0.25) is 0 Å². The molecule has 0 radical (unpaired) electrons. The highest BCUT2D eigenvalue weighted by Crippen LogP contribution is 2.17. The van der Waals surface area contributed by atoms with Crippen molar-refractivity contribution in [3.8, 4) is 0 Å². The zero-order chi connectivity index (χ0) is 12.2. The van der Waals surface area contributed by atoms with Gasteiger partial charge in [0.1, 0.15) is 5.60 Å². The standard InChI is InChI=1S/C12H24N2O2/c1-12(2,3)16-11(15)13-8-7-10-6-5-9-14(10)4/h10H,5-9H2,1-4H3,(H,13,15). The number of alkyl carbamates (subject to hydrolysis) is 1. The first-order chi connectivity index (χ1) is 7.38. The average molecular weight is 228 g/mol. The summed E-state index contributed by atoms with van der Waals surface area (Å²) in [6, 6.07) is 0.620. The Morgan fingerprint density at radius 1 is 1.50 bits per heavy atom. The molecular formula is C12H24N2O2. The number of ether oxygens (including phenoxy) is 1. The van der Waals surface area contributed by atoms with Crippen LogP contribution < -0.4 is 5.32 Å². The van der Waals surface area contributed by atoms with Crippen molar-refractivity contribution in [1.29, 1.82) is 0 Å². The molecule has 1 unspecified atom stereocenters. The molecule has 1 aliphatic rings. The van der Waals surface area contributed by atoms with Crippen LogP contribution in [0, 0.1) is 0 Å². The second-order valence-corrected chi connectivity index (χ2v) is 5.49. The molecule has 1 atom stereocenters. The van der Waals surface area contributed by atoms with Gasteiger partial charge in [-0.15, -0.1) is 0 Å². The maximum atomic E-state index is 11.4. The normalized spacial score (nSPS) is 22.1. The van der Waals surface area contributed by atoms with E-state index in [1.165, 1.54) is 19.4 Å². The fourth-order valence-corrected chi connectivity index (χ4v) is 2.00. The lowest BCUT2D eigenvalue weighted by Crippen LogP contribution is -2.35. The van der Waals surface area contributed by atoms with Crippen molar-refractivity contribution >= 4 is 6.09 Å². The van der Waals surface area contributed by atoms with Gasteiger partial charge in [0.05, 0.1) is 0 Å². The van der Waals surface area contributed by atoms with Gasteiger partial charge >= 0.3 is 6.09 Å². The largest absolute Gasteiger partial charge is 0.444 e. The van der Waals surface area contributed by atoms with E-state index >= 15 is 0 Å². The quantitative estimate of drug-likeness (QED) is 0.803. The Kier molecular flexibility index (Phi) is 4.59. The van der Waals surface area contributed by atoms with Crippen LogP contribution in [0.5, 0.6) is 0 Å². The predicted octanol–water partition coefficient (Wildman–Crippen LogP) is 2.00. The zero-order valence-corrected chi connectivity index (χ0v) is 10.9. The topological polar surface area (TPSA) is 41.6 Å². The number of hydrogen-bond acceptors (Lipinski definition) is 3. The SMILES string of the molecule is CN1CCCC1CCNC(=O)OC(C)(C)C. The van der Waals surface area contributed by atoms with Crippen molar-refractivity contribution in [2.24, 2.45) is 0 Å². The Labute approximate surface area is 98.3 Å². The highest BCUT2D eigenvalue weighted by Gasteiger charge is 2.21. The Bertz CT molecular complexity index is 236. The number of nitrogens with one attached hydrogen (secondary N) is 1. The van der Waals surface area contributed by atoms with E-state index in [0.29, 0.717) is 12.6 Å². The third-order valence-electron chi connectivity index (χ3n) is 2.82. The fourth-order valence-electron chi connectivity index (χ4n) is 2.00. The third kappa shape index (κ3) is 4.84. The van der Waals surface area contributed by atoms with E-state index in [-0.39, 0.29) is 6.09 Å². The first kappa shape index (κ1) is 13.3. The average Bonchev–Trinajstić information content (AvgIpc) is 2.48. The minimum Gasteiger partial charge on any atom is -0.444 e. The van der Waals surface area contributed by atoms with Gasteiger partial charge in [-0.05, 0) is 53.6 Å². The summed E-state index contributed by atoms with van der Waals surface area (Å²) in [5.41, 5.74) is -0.408. The molecule has 4 nitrogen and oxygen atoms in total. The van der Waals surface area contributed by atoms with Gasteiger partial charge < -0.3 is 15.0 Å². The molecule has 1 amide bonds. The highest BCUT2D eigenvalue weighted by molar-refractivity contribution is 5.67. The number of carbonyl (C=O) groups excluding carboxylic acids is 1. The molecule has 16 heavy (non-hydrogen) atoms. The van der Waals surface area contributed by atoms with Crippen LogP contribution in [0.4, 0.5) is 4.79 Å². The minimum atomic E-state index is -0.408. The van der Waals surface area contributed by atoms with E-state index in [9.17, 15) is 4.79 Å². The second kappa shape index (κ2) is 5.53. The molecule has 94 valence electrons. The Morgan fingerprint density at radius 2 is 2.19 bits per heavy atom. The van der Waals surface area contributed by atoms with E-state index in [1.54, 1.807) is 0 Å². The van der Waals surface area contributed by atoms with E-state index in [0.717, 1.165) is 6.42 Å². The maximum absolute atomic E-state index is 11.4. The molecular weight excluding hydrogens is 204 g/mol. The number of nitrogens with zero attached hydrogens (tertiary/aromatic N) is 1. The summed E-state index contributed by atoms with van der Waals surface area (Å²) in [5.74, 6) is 0. The number of likely N-dealkylation sites (tertiary alicyclic amines) is 1. The third-order valence-corrected chi connectivity index (χ3v) is 2.82. The first-order valence-corrected chi connectivity index (χ1v) is 6.05. The van der Waals surface area contributed by atoms with E-state index in [1.807, 2.05) is 20.8 Å². The van der Waals surface area contributed by atoms with Crippen LogP contribution in [0.2, 0.25) is 0 Å². The molecule has 0 aromatic rings. The number of rotatable bonds is 3. The van der Waals surface area contributed by atoms with Gasteiger partial charge in [0.15, 0.2) is 0 Å². The highest BCUT2D eigenvalue weighted by atomic mass is 16.6. The minimum absolute atomic E-state index is 0.312. The molecule has 4 heteroatoms. The molecule has 1 saturated heterocycles. The van der Waals surface area contributed by atoms with Crippen LogP contribution in [-0.2, 0) is 4.74 Å². The van der Waals surface area contributed by atoms with Crippen molar-refractivity contribution in [2.75, 3.05) is 20.1 Å². The molecule has 1 N–H and O–H groups in total. The lowest BCUT2D eigenvalue weighted by molar-refractivity contribution is 0.0524. The molecule has 1 rings (SSSR count). The van der Waals surface area contributed by atoms with E-state index in [2.05, 4.69) is 17.3 Å². The Balaban J connectivity index is 2.13. The van der Waals surface area contributed by atoms with Gasteiger partial charge in [0, 0.05) is 12.6 Å². The van der Waals surface area contributed by atoms with Crippen molar-refractivity contribution in [1.82, 2.24) is 10.2 Å². The number of hydrogen-bond donors (Lipinski definition) is 1. The van der Waals surface area contributed by atoms with Crippen LogP contribution in [0.25, 0.3) is 0 Å². The molecule has 0 spiro atoms. The Morgan fingerprint density at radius 3 is 2.69 bits per heavy atom. The smallest absolute Gasteiger partial charge is 0.407 e. The van der Waals surface area contributed by atoms with Crippen molar-refractivity contribution in [3.63, 3.8) is 0 Å². The molecule has 1 heterocycles. The second-order valence-electron chi connectivity index (χ2n) is 5.49. The molecule has 1 fully saturated rings. The Hall–Kier alpha value is -0.770. The summed E-state index contributed by atoms with van der Waals surface area (Å²) >= 11 is 0. The number of amides is 1. The van der Waals surface area contributed by atoms with Crippen LogP contribution in [0.15, 0.2) is 0 Å². The van der Waals surface area contributed by atoms with Crippen molar-refractivity contribution in [3.05, 3.63) is 0 Å². The molecule has 0 aromatic heterocycles. The molecule has 1 aliphatic heterocycles. The lowest BCUT2D eigenvalue weighted by atomic mass is 10.1. The summed E-state index contributed by atoms with van der Waals surface area (Å²) < 4.78 is 5.17. The predicted molar refractivity (Wildman–Crippen MR) is 64.5 cm³/mol. The van der Waals surface area contributed by atoms with E-state index in [4.69, 9.17) is 4.74 Å². The summed E-state index contributed by atoms with van der Waals surface area (Å²) in [7, 11) is 2.14. The zero-order valence-electron chi connectivity index (χ0n) is 10.9. The summed E-state index contributed by atoms with van der Waals surface area (Å²) in [6.07, 6.45) is 3.21. The number of carbonyl (C=O) groups is 1. The van der Waals surface area contributed by atoms with Gasteiger partial charge in [-0.3, -0.25) is 0 Å². The molecule has 0 aromatic carbocycles. The summed E-state index contributed by atoms with van der Waals surface area (Å²) in [6.45, 7) is 7.49. The molecule has 0 aliphatic carbocycles. The van der Waals surface area contributed by atoms with Crippen molar-refractivity contribution in [2.45, 2.75) is 51.7 Å². The van der Waals surface area contributed by atoms with Gasteiger partial charge in [-0.2, -0.15) is 0 Å². The van der Waals surface area contributed by atoms with Crippen LogP contribution in [-0.4, -0.2) is 42.8 Å². The van der Waals surface area contributed by atoms with Gasteiger partial charge in [0.25, 0.3) is 0 Å². The lowest BCUT2D eigenvalue weighted by Gasteiger charge is -2.21. The first-order valence-electron chi connectivity index (χ1n) is 6.05. The monoisotopic (exact) mass is 228 g/mol. The van der Waals surface area contributed by atoms with Crippen LogP contribution >= 0.6 is 0 Å². The van der Waals surface area contributed by atoms with E-state index < -0.39 is 5.60 Å². The van der Waals surface area contributed by atoms with Crippen LogP contribution in [0.3, 0.4) is 0 Å². The maximum Gasteiger partial charge on any atom is 0.407 e. The van der Waals surface area contributed by atoms with Crippen LogP contribution in [0.1, 0.15) is 40.0 Å².